The van der Waals surface area contributed by atoms with E-state index in [2.05, 4.69) is 19.9 Å². The molecule has 0 saturated heterocycles. The maximum absolute atomic E-state index is 4.12. The van der Waals surface area contributed by atoms with Gasteiger partial charge in [-0.1, -0.05) is 30.3 Å². The second-order valence-electron chi connectivity index (χ2n) is 4.13. The molecular weight excluding hydrogens is 248 g/mol. The van der Waals surface area contributed by atoms with E-state index in [1.54, 1.807) is 18.7 Å². The molecule has 4 aromatic rings. The van der Waals surface area contributed by atoms with Crippen molar-refractivity contribution in [3.05, 3.63) is 73.4 Å². The molecule has 2 aromatic carbocycles. The number of fused-ring (bicyclic) bond motifs is 2. The van der Waals surface area contributed by atoms with Gasteiger partial charge in [0, 0.05) is 24.0 Å². The van der Waals surface area contributed by atoms with Crippen LogP contribution in [-0.2, 0) is 0 Å². The predicted octanol–water partition coefficient (Wildman–Crippen LogP) is 3.26. The number of hydrogen-bond acceptors (Lipinski definition) is 4. The van der Waals surface area contributed by atoms with Gasteiger partial charge in [0.2, 0.25) is 0 Å². The molecule has 0 atom stereocenters. The molecule has 4 nitrogen and oxygen atoms in total. The summed E-state index contributed by atoms with van der Waals surface area (Å²) in [5, 5.41) is 1.09. The molecule has 0 aliphatic carbocycles. The molecule has 0 unspecified atom stereocenters. The number of aromatic nitrogens is 4. The number of benzene rings is 2. The molecule has 0 aliphatic rings. The van der Waals surface area contributed by atoms with Crippen LogP contribution in [0.25, 0.3) is 21.9 Å². The summed E-state index contributed by atoms with van der Waals surface area (Å²) in [5.74, 6) is 0. The van der Waals surface area contributed by atoms with E-state index in [9.17, 15) is 0 Å². The molecule has 0 N–H and O–H groups in total. The first kappa shape index (κ1) is 12.2. The van der Waals surface area contributed by atoms with Crippen LogP contribution in [0, 0.1) is 0 Å². The first-order valence-corrected chi connectivity index (χ1v) is 6.24. The second kappa shape index (κ2) is 5.84. The molecule has 2 aromatic heterocycles. The molecule has 0 fully saturated rings. The minimum atomic E-state index is 0.949. The quantitative estimate of drug-likeness (QED) is 0.487. The summed E-state index contributed by atoms with van der Waals surface area (Å²) in [7, 11) is 0. The Hall–Kier alpha value is -2.88. The maximum Gasteiger partial charge on any atom is 0.116 e. The van der Waals surface area contributed by atoms with Crippen LogP contribution in [0.3, 0.4) is 0 Å². The Bertz CT molecular complexity index is 628. The maximum atomic E-state index is 4.12. The van der Waals surface area contributed by atoms with E-state index in [1.807, 2.05) is 54.7 Å². The third-order valence-corrected chi connectivity index (χ3v) is 2.79. The highest BCUT2D eigenvalue weighted by molar-refractivity contribution is 5.76. The van der Waals surface area contributed by atoms with Gasteiger partial charge in [-0.3, -0.25) is 9.97 Å². The summed E-state index contributed by atoms with van der Waals surface area (Å²) >= 11 is 0. The molecule has 4 heteroatoms. The number of hydrogen-bond donors (Lipinski definition) is 0. The second-order valence-corrected chi connectivity index (χ2v) is 4.13. The normalized spacial score (nSPS) is 10.0. The fraction of sp³-hybridized carbons (Fsp3) is 0. The van der Waals surface area contributed by atoms with Crippen molar-refractivity contribution in [2.24, 2.45) is 0 Å². The zero-order valence-corrected chi connectivity index (χ0v) is 10.7. The van der Waals surface area contributed by atoms with E-state index in [0.717, 1.165) is 21.9 Å². The number of para-hydroxylation sites is 3. The van der Waals surface area contributed by atoms with Gasteiger partial charge in [-0.25, -0.2) is 9.97 Å². The van der Waals surface area contributed by atoms with Gasteiger partial charge in [0.25, 0.3) is 0 Å². The third-order valence-electron chi connectivity index (χ3n) is 2.79. The van der Waals surface area contributed by atoms with Crippen LogP contribution in [0.15, 0.2) is 73.4 Å². The smallest absolute Gasteiger partial charge is 0.116 e. The Kier molecular flexibility index (Phi) is 3.55. The molecule has 0 saturated carbocycles. The number of rotatable bonds is 0. The van der Waals surface area contributed by atoms with E-state index in [0.29, 0.717) is 0 Å². The van der Waals surface area contributed by atoms with Gasteiger partial charge >= 0.3 is 0 Å². The third kappa shape index (κ3) is 2.75. The monoisotopic (exact) mass is 260 g/mol. The standard InChI is InChI=1S/2C8H6N2/c1-2-4-8-7(3-1)5-9-6-10-8;1-2-4-8-7(3-1)9-5-6-10-8/h2*1-6H. The average molecular weight is 260 g/mol. The van der Waals surface area contributed by atoms with Crippen molar-refractivity contribution in [2.45, 2.75) is 0 Å². The van der Waals surface area contributed by atoms with E-state index >= 15 is 0 Å². The Morgan fingerprint density at radius 1 is 0.600 bits per heavy atom. The van der Waals surface area contributed by atoms with Gasteiger partial charge in [0.05, 0.1) is 16.6 Å². The zero-order chi connectivity index (χ0) is 13.6. The van der Waals surface area contributed by atoms with Crippen LogP contribution < -0.4 is 0 Å². The van der Waals surface area contributed by atoms with Crippen LogP contribution >= 0.6 is 0 Å². The lowest BCUT2D eigenvalue weighted by atomic mass is 10.2. The minimum Gasteiger partial charge on any atom is -0.253 e. The predicted molar refractivity (Wildman–Crippen MR) is 79.1 cm³/mol. The van der Waals surface area contributed by atoms with E-state index in [4.69, 9.17) is 0 Å². The van der Waals surface area contributed by atoms with Gasteiger partial charge in [0.15, 0.2) is 0 Å². The topological polar surface area (TPSA) is 51.6 Å². The van der Waals surface area contributed by atoms with Gasteiger partial charge < -0.3 is 0 Å². The highest BCUT2D eigenvalue weighted by atomic mass is 14.8. The van der Waals surface area contributed by atoms with E-state index < -0.39 is 0 Å². The minimum absolute atomic E-state index is 0.949. The fourth-order valence-electron chi connectivity index (χ4n) is 1.83. The molecule has 0 aliphatic heterocycles. The lowest BCUT2D eigenvalue weighted by molar-refractivity contribution is 1.22. The summed E-state index contributed by atoms with van der Waals surface area (Å²) in [5.41, 5.74) is 2.90. The highest BCUT2D eigenvalue weighted by Gasteiger charge is 1.88. The van der Waals surface area contributed by atoms with Crippen LogP contribution in [0.5, 0.6) is 0 Å². The largest absolute Gasteiger partial charge is 0.253 e. The van der Waals surface area contributed by atoms with E-state index in [1.165, 1.54) is 0 Å². The van der Waals surface area contributed by atoms with Crippen LogP contribution in [-0.4, -0.2) is 19.9 Å². The summed E-state index contributed by atoms with van der Waals surface area (Å²) in [6.07, 6.45) is 6.76. The molecular formula is C16H12N4. The molecule has 0 radical (unpaired) electrons. The first-order valence-electron chi connectivity index (χ1n) is 6.24. The van der Waals surface area contributed by atoms with Gasteiger partial charge in [0.1, 0.15) is 6.33 Å². The molecule has 0 amide bonds. The molecule has 96 valence electrons. The Labute approximate surface area is 116 Å². The Morgan fingerprint density at radius 3 is 1.85 bits per heavy atom. The van der Waals surface area contributed by atoms with E-state index in [-0.39, 0.29) is 0 Å². The van der Waals surface area contributed by atoms with Crippen molar-refractivity contribution in [2.75, 3.05) is 0 Å². The van der Waals surface area contributed by atoms with Crippen molar-refractivity contribution in [3.8, 4) is 0 Å². The molecule has 20 heavy (non-hydrogen) atoms. The molecule has 0 bridgehead atoms. The van der Waals surface area contributed by atoms with Crippen molar-refractivity contribution in [1.29, 1.82) is 0 Å². The summed E-state index contributed by atoms with van der Waals surface area (Å²) < 4.78 is 0. The lowest BCUT2D eigenvalue weighted by Gasteiger charge is -1.90. The summed E-state index contributed by atoms with van der Waals surface area (Å²) in [6.45, 7) is 0. The molecule has 0 spiro atoms. The fourth-order valence-corrected chi connectivity index (χ4v) is 1.83. The lowest BCUT2D eigenvalue weighted by Crippen LogP contribution is -1.78. The Balaban J connectivity index is 0.000000121. The highest BCUT2D eigenvalue weighted by Crippen LogP contribution is 2.06. The van der Waals surface area contributed by atoms with Crippen molar-refractivity contribution in [1.82, 2.24) is 19.9 Å². The van der Waals surface area contributed by atoms with Crippen LogP contribution in [0.1, 0.15) is 0 Å². The Morgan fingerprint density at radius 2 is 1.20 bits per heavy atom. The van der Waals surface area contributed by atoms with Gasteiger partial charge in [-0.15, -0.1) is 0 Å². The SMILES string of the molecule is c1ccc2nccnc2c1.c1ccc2ncncc2c1. The first-order chi connectivity index (χ1) is 9.93. The zero-order valence-electron chi connectivity index (χ0n) is 10.7. The summed E-state index contributed by atoms with van der Waals surface area (Å²) in [4.78, 5) is 16.2. The van der Waals surface area contributed by atoms with Gasteiger partial charge in [-0.2, -0.15) is 0 Å². The van der Waals surface area contributed by atoms with Crippen molar-refractivity contribution >= 4 is 21.9 Å². The molecule has 2 heterocycles. The van der Waals surface area contributed by atoms with Gasteiger partial charge in [-0.05, 0) is 18.2 Å². The average Bonchev–Trinajstić information content (AvgIpc) is 2.56. The van der Waals surface area contributed by atoms with Crippen molar-refractivity contribution < 1.29 is 0 Å². The van der Waals surface area contributed by atoms with Crippen LogP contribution in [0.4, 0.5) is 0 Å². The van der Waals surface area contributed by atoms with Crippen LogP contribution in [0.2, 0.25) is 0 Å². The molecule has 4 rings (SSSR count). The summed E-state index contributed by atoms with van der Waals surface area (Å²) in [6, 6.07) is 15.7. The number of nitrogens with zero attached hydrogens (tertiary/aromatic N) is 4. The van der Waals surface area contributed by atoms with Crippen molar-refractivity contribution in [3.63, 3.8) is 0 Å².